The number of carbonyl (C=O) groups excluding carboxylic acids is 1. The lowest BCUT2D eigenvalue weighted by atomic mass is 10.2. The highest BCUT2D eigenvalue weighted by Gasteiger charge is 2.07. The van der Waals surface area contributed by atoms with Gasteiger partial charge >= 0.3 is 0 Å². The van der Waals surface area contributed by atoms with E-state index in [1.165, 1.54) is 7.11 Å². The van der Waals surface area contributed by atoms with Crippen LogP contribution in [0.4, 0.5) is 5.69 Å². The molecule has 1 amide bonds. The SMILES string of the molecule is COc1ccc(C#N)cc1NC(=O)CCCl. The molecule has 0 saturated carbocycles. The van der Waals surface area contributed by atoms with Crippen LogP contribution in [-0.4, -0.2) is 18.9 Å². The highest BCUT2D eigenvalue weighted by atomic mass is 35.5. The predicted molar refractivity (Wildman–Crippen MR) is 61.7 cm³/mol. The summed E-state index contributed by atoms with van der Waals surface area (Å²) in [6.07, 6.45) is 0.224. The number of alkyl halides is 1. The van der Waals surface area contributed by atoms with E-state index in [2.05, 4.69) is 5.32 Å². The number of anilines is 1. The minimum atomic E-state index is -0.205. The zero-order chi connectivity index (χ0) is 12.0. The predicted octanol–water partition coefficient (Wildman–Crippen LogP) is 2.13. The first-order valence-corrected chi connectivity index (χ1v) is 5.18. The number of amides is 1. The van der Waals surface area contributed by atoms with Gasteiger partial charge in [-0.25, -0.2) is 0 Å². The minimum absolute atomic E-state index is 0.205. The van der Waals surface area contributed by atoms with Crippen LogP contribution in [0.1, 0.15) is 12.0 Å². The van der Waals surface area contributed by atoms with E-state index in [0.717, 1.165) is 0 Å². The molecule has 0 saturated heterocycles. The molecule has 1 aromatic carbocycles. The van der Waals surface area contributed by atoms with Gasteiger partial charge in [0.05, 0.1) is 24.4 Å². The Labute approximate surface area is 98.8 Å². The molecule has 0 aliphatic heterocycles. The van der Waals surface area contributed by atoms with Crippen molar-refractivity contribution in [3.8, 4) is 11.8 Å². The summed E-state index contributed by atoms with van der Waals surface area (Å²) < 4.78 is 5.07. The van der Waals surface area contributed by atoms with E-state index >= 15 is 0 Å². The summed E-state index contributed by atoms with van der Waals surface area (Å²) in [7, 11) is 1.50. The normalized spacial score (nSPS) is 9.31. The van der Waals surface area contributed by atoms with Crippen LogP contribution < -0.4 is 10.1 Å². The smallest absolute Gasteiger partial charge is 0.225 e. The molecule has 84 valence electrons. The first kappa shape index (κ1) is 12.3. The summed E-state index contributed by atoms with van der Waals surface area (Å²) in [5.41, 5.74) is 0.943. The Morgan fingerprint density at radius 3 is 2.94 bits per heavy atom. The molecule has 5 heteroatoms. The molecule has 4 nitrogen and oxygen atoms in total. The fraction of sp³-hybridized carbons (Fsp3) is 0.273. The third-order valence-corrected chi connectivity index (χ3v) is 2.11. The lowest BCUT2D eigenvalue weighted by molar-refractivity contribution is -0.115. The molecule has 1 rings (SSSR count). The number of ether oxygens (including phenoxy) is 1. The second kappa shape index (κ2) is 5.99. The van der Waals surface area contributed by atoms with Crippen molar-refractivity contribution in [1.82, 2.24) is 0 Å². The average molecular weight is 239 g/mol. The molecular weight excluding hydrogens is 228 g/mol. The maximum atomic E-state index is 11.3. The summed E-state index contributed by atoms with van der Waals surface area (Å²) in [5.74, 6) is 0.567. The first-order chi connectivity index (χ1) is 7.71. The number of rotatable bonds is 4. The van der Waals surface area contributed by atoms with E-state index in [-0.39, 0.29) is 18.2 Å². The van der Waals surface area contributed by atoms with Gasteiger partial charge in [0.1, 0.15) is 5.75 Å². The first-order valence-electron chi connectivity index (χ1n) is 4.65. The summed E-state index contributed by atoms with van der Waals surface area (Å²) in [6, 6.07) is 6.81. The van der Waals surface area contributed by atoms with Crippen molar-refractivity contribution < 1.29 is 9.53 Å². The fourth-order valence-corrected chi connectivity index (χ4v) is 1.35. The van der Waals surface area contributed by atoms with Crippen LogP contribution in [0, 0.1) is 11.3 Å². The second-order valence-electron chi connectivity index (χ2n) is 3.01. The van der Waals surface area contributed by atoms with Gasteiger partial charge in [0.25, 0.3) is 0 Å². The lowest BCUT2D eigenvalue weighted by Crippen LogP contribution is -2.12. The summed E-state index contributed by atoms with van der Waals surface area (Å²) in [4.78, 5) is 11.3. The molecule has 1 N–H and O–H groups in total. The van der Waals surface area contributed by atoms with Crippen molar-refractivity contribution >= 4 is 23.2 Å². The average Bonchev–Trinajstić information content (AvgIpc) is 2.29. The van der Waals surface area contributed by atoms with Gasteiger partial charge in [-0.1, -0.05) is 0 Å². The second-order valence-corrected chi connectivity index (χ2v) is 3.39. The number of carbonyl (C=O) groups is 1. The van der Waals surface area contributed by atoms with Crippen LogP contribution in [0.15, 0.2) is 18.2 Å². The molecule has 0 aromatic heterocycles. The number of benzene rings is 1. The molecule has 0 bridgehead atoms. The van der Waals surface area contributed by atoms with Crippen LogP contribution in [0.5, 0.6) is 5.75 Å². The Balaban J connectivity index is 2.92. The molecule has 0 aliphatic carbocycles. The third kappa shape index (κ3) is 3.14. The van der Waals surface area contributed by atoms with Gasteiger partial charge in [-0.15, -0.1) is 11.6 Å². The Morgan fingerprint density at radius 2 is 2.38 bits per heavy atom. The van der Waals surface area contributed by atoms with Gasteiger partial charge in [-0.2, -0.15) is 5.26 Å². The zero-order valence-corrected chi connectivity index (χ0v) is 9.54. The zero-order valence-electron chi connectivity index (χ0n) is 8.79. The highest BCUT2D eigenvalue weighted by Crippen LogP contribution is 2.25. The van der Waals surface area contributed by atoms with E-state index < -0.39 is 0 Å². The van der Waals surface area contributed by atoms with Crippen molar-refractivity contribution in [2.75, 3.05) is 18.3 Å². The number of hydrogen-bond donors (Lipinski definition) is 1. The van der Waals surface area contributed by atoms with Crippen molar-refractivity contribution in [1.29, 1.82) is 5.26 Å². The van der Waals surface area contributed by atoms with Crippen molar-refractivity contribution in [3.63, 3.8) is 0 Å². The van der Waals surface area contributed by atoms with Gasteiger partial charge in [0.15, 0.2) is 0 Å². The van der Waals surface area contributed by atoms with Crippen LogP contribution in [0.3, 0.4) is 0 Å². The number of halogens is 1. The topological polar surface area (TPSA) is 62.1 Å². The number of methoxy groups -OCH3 is 1. The molecule has 0 atom stereocenters. The third-order valence-electron chi connectivity index (χ3n) is 1.92. The molecule has 16 heavy (non-hydrogen) atoms. The molecular formula is C11H11ClN2O2. The van der Waals surface area contributed by atoms with Gasteiger partial charge < -0.3 is 10.1 Å². The van der Waals surface area contributed by atoms with E-state index in [1.54, 1.807) is 18.2 Å². The highest BCUT2D eigenvalue weighted by molar-refractivity contribution is 6.19. The Kier molecular flexibility index (Phi) is 4.62. The van der Waals surface area contributed by atoms with Crippen LogP contribution in [-0.2, 0) is 4.79 Å². The van der Waals surface area contributed by atoms with Crippen LogP contribution >= 0.6 is 11.6 Å². The van der Waals surface area contributed by atoms with E-state index in [0.29, 0.717) is 17.0 Å². The van der Waals surface area contributed by atoms with Crippen LogP contribution in [0.2, 0.25) is 0 Å². The summed E-state index contributed by atoms with van der Waals surface area (Å²) >= 11 is 5.45. The standard InChI is InChI=1S/C11H11ClN2O2/c1-16-10-3-2-8(7-13)6-9(10)14-11(15)4-5-12/h2-3,6H,4-5H2,1H3,(H,14,15). The molecule has 1 aromatic rings. The lowest BCUT2D eigenvalue weighted by Gasteiger charge is -2.09. The number of nitrogens with zero attached hydrogens (tertiary/aromatic N) is 1. The Morgan fingerprint density at radius 1 is 1.62 bits per heavy atom. The number of nitriles is 1. The van der Waals surface area contributed by atoms with Crippen LogP contribution in [0.25, 0.3) is 0 Å². The van der Waals surface area contributed by atoms with Gasteiger partial charge in [0, 0.05) is 12.3 Å². The number of hydrogen-bond acceptors (Lipinski definition) is 3. The molecule has 0 heterocycles. The van der Waals surface area contributed by atoms with E-state index in [1.807, 2.05) is 6.07 Å². The maximum Gasteiger partial charge on any atom is 0.225 e. The molecule has 0 fully saturated rings. The van der Waals surface area contributed by atoms with Gasteiger partial charge in [-0.3, -0.25) is 4.79 Å². The van der Waals surface area contributed by atoms with E-state index in [9.17, 15) is 4.79 Å². The minimum Gasteiger partial charge on any atom is -0.495 e. The fourth-order valence-electron chi connectivity index (χ4n) is 1.17. The van der Waals surface area contributed by atoms with Crippen molar-refractivity contribution in [2.24, 2.45) is 0 Å². The number of nitrogens with one attached hydrogen (secondary N) is 1. The van der Waals surface area contributed by atoms with Gasteiger partial charge in [-0.05, 0) is 18.2 Å². The summed E-state index contributed by atoms with van der Waals surface area (Å²) in [6.45, 7) is 0. The monoisotopic (exact) mass is 238 g/mol. The maximum absolute atomic E-state index is 11.3. The van der Waals surface area contributed by atoms with Gasteiger partial charge in [0.2, 0.25) is 5.91 Å². The molecule has 0 unspecified atom stereocenters. The quantitative estimate of drug-likeness (QED) is 0.818. The molecule has 0 aliphatic rings. The molecule has 0 spiro atoms. The largest absolute Gasteiger partial charge is 0.495 e. The molecule has 0 radical (unpaired) electrons. The summed E-state index contributed by atoms with van der Waals surface area (Å²) in [5, 5.41) is 11.4. The van der Waals surface area contributed by atoms with Crippen molar-refractivity contribution in [2.45, 2.75) is 6.42 Å². The van der Waals surface area contributed by atoms with Crippen molar-refractivity contribution in [3.05, 3.63) is 23.8 Å². The van der Waals surface area contributed by atoms with E-state index in [4.69, 9.17) is 21.6 Å². The Bertz CT molecular complexity index is 426. The Hall–Kier alpha value is -1.73.